The topological polar surface area (TPSA) is 20.2 Å². The second kappa shape index (κ2) is 8.42. The predicted molar refractivity (Wildman–Crippen MR) is 128 cm³/mol. The molecule has 4 rings (SSSR count). The molecule has 0 radical (unpaired) electrons. The van der Waals surface area contributed by atoms with Crippen LogP contribution in [0.4, 0.5) is 0 Å². The van der Waals surface area contributed by atoms with Crippen LogP contribution in [-0.4, -0.2) is 11.2 Å². The Labute approximate surface area is 186 Å². The van der Waals surface area contributed by atoms with Gasteiger partial charge in [0.15, 0.2) is 0 Å². The molecule has 4 aliphatic carbocycles. The lowest BCUT2D eigenvalue weighted by molar-refractivity contribution is -0.0457. The molecule has 3 fully saturated rings. The van der Waals surface area contributed by atoms with Gasteiger partial charge in [-0.05, 0) is 111 Å². The molecule has 0 heterocycles. The molecule has 0 aliphatic heterocycles. The molecule has 0 bridgehead atoms. The summed E-state index contributed by atoms with van der Waals surface area (Å²) in [5.74, 6) is 4.99. The summed E-state index contributed by atoms with van der Waals surface area (Å²) in [6.07, 6.45) is 16.4. The minimum Gasteiger partial charge on any atom is -0.393 e. The summed E-state index contributed by atoms with van der Waals surface area (Å²) in [4.78, 5) is 0. The molecule has 0 aromatic rings. The van der Waals surface area contributed by atoms with Crippen molar-refractivity contribution in [3.63, 3.8) is 0 Å². The maximum Gasteiger partial charge on any atom is 0.0577 e. The first kappa shape index (κ1) is 22.6. The molecule has 0 spiro atoms. The Morgan fingerprint density at radius 1 is 1.13 bits per heavy atom. The fourth-order valence-corrected chi connectivity index (χ4v) is 8.87. The first-order chi connectivity index (χ1) is 14.2. The smallest absolute Gasteiger partial charge is 0.0577 e. The van der Waals surface area contributed by atoms with E-state index in [-0.39, 0.29) is 6.10 Å². The van der Waals surface area contributed by atoms with Crippen LogP contribution in [0.3, 0.4) is 0 Å². The lowest BCUT2D eigenvalue weighted by Crippen LogP contribution is -2.50. The summed E-state index contributed by atoms with van der Waals surface area (Å²) in [5, 5.41) is 10.2. The van der Waals surface area contributed by atoms with Crippen LogP contribution in [0.15, 0.2) is 23.8 Å². The molecule has 1 heteroatoms. The van der Waals surface area contributed by atoms with E-state index in [0.29, 0.717) is 10.8 Å². The van der Waals surface area contributed by atoms with Crippen molar-refractivity contribution in [3.8, 4) is 0 Å². The van der Waals surface area contributed by atoms with Gasteiger partial charge in [0.25, 0.3) is 0 Å². The molecule has 1 N–H and O–H groups in total. The minimum atomic E-state index is -0.0910. The van der Waals surface area contributed by atoms with E-state index in [1.54, 1.807) is 11.1 Å². The van der Waals surface area contributed by atoms with Crippen LogP contribution >= 0.6 is 0 Å². The molecule has 0 saturated heterocycles. The maximum atomic E-state index is 10.2. The van der Waals surface area contributed by atoms with Crippen molar-refractivity contribution < 1.29 is 5.11 Å². The van der Waals surface area contributed by atoms with E-state index < -0.39 is 0 Å². The van der Waals surface area contributed by atoms with Crippen molar-refractivity contribution >= 4 is 0 Å². The van der Waals surface area contributed by atoms with Gasteiger partial charge in [-0.3, -0.25) is 0 Å². The number of allylic oxidation sites excluding steroid dienone is 2. The van der Waals surface area contributed by atoms with E-state index >= 15 is 0 Å². The zero-order valence-corrected chi connectivity index (χ0v) is 20.6. The molecule has 1 nitrogen and oxygen atoms in total. The molecular formula is C29H48O. The van der Waals surface area contributed by atoms with Crippen LogP contribution in [-0.2, 0) is 0 Å². The normalized spacial score (nSPS) is 44.1. The van der Waals surface area contributed by atoms with E-state index in [9.17, 15) is 5.11 Å². The Bertz CT molecular complexity index is 674. The van der Waals surface area contributed by atoms with Gasteiger partial charge in [0.05, 0.1) is 6.10 Å². The largest absolute Gasteiger partial charge is 0.393 e. The number of rotatable bonds is 6. The number of hydrogen-bond donors (Lipinski definition) is 1. The molecule has 3 saturated carbocycles. The third-order valence-electron chi connectivity index (χ3n) is 10.9. The average Bonchev–Trinajstić information content (AvgIpc) is 3.06. The van der Waals surface area contributed by atoms with Crippen LogP contribution < -0.4 is 0 Å². The van der Waals surface area contributed by atoms with E-state index in [1.807, 2.05) is 0 Å². The van der Waals surface area contributed by atoms with Crippen LogP contribution in [0.25, 0.3) is 0 Å². The summed E-state index contributed by atoms with van der Waals surface area (Å²) in [5.41, 5.74) is 4.03. The number of aliphatic hydroxyl groups excluding tert-OH is 1. The van der Waals surface area contributed by atoms with Gasteiger partial charge in [0, 0.05) is 0 Å². The van der Waals surface area contributed by atoms with Crippen molar-refractivity contribution in [1.29, 1.82) is 0 Å². The van der Waals surface area contributed by atoms with Gasteiger partial charge < -0.3 is 5.11 Å². The quantitative estimate of drug-likeness (QED) is 0.439. The van der Waals surface area contributed by atoms with Gasteiger partial charge in [-0.25, -0.2) is 0 Å². The highest BCUT2D eigenvalue weighted by Gasteiger charge is 2.58. The van der Waals surface area contributed by atoms with Crippen molar-refractivity contribution in [2.75, 3.05) is 0 Å². The molecule has 0 unspecified atom stereocenters. The Hall–Kier alpha value is -0.560. The standard InChI is InChI=1S/C29H48O/c1-7-21(19(2)3)9-8-20(4)25-12-13-26-24-11-10-22-18-23(30)14-16-28(22,5)27(24)15-17-29(25,26)6/h10,19,21,23-27,30H,4,7-9,11-18H2,1-3,5-6H3/t21-,23+,24-,25-,26-,27-,28+,29-/m1/s1. The highest BCUT2D eigenvalue weighted by atomic mass is 16.3. The van der Waals surface area contributed by atoms with E-state index in [2.05, 4.69) is 40.7 Å². The van der Waals surface area contributed by atoms with Crippen molar-refractivity contribution in [2.45, 2.75) is 111 Å². The lowest BCUT2D eigenvalue weighted by atomic mass is 9.47. The minimum absolute atomic E-state index is 0.0910. The highest BCUT2D eigenvalue weighted by molar-refractivity contribution is 5.26. The van der Waals surface area contributed by atoms with Gasteiger partial charge in [-0.1, -0.05) is 64.8 Å². The first-order valence-corrected chi connectivity index (χ1v) is 13.3. The molecule has 4 aliphatic rings. The average molecular weight is 413 g/mol. The number of aliphatic hydroxyl groups is 1. The van der Waals surface area contributed by atoms with Crippen molar-refractivity contribution in [2.24, 2.45) is 46.3 Å². The summed E-state index contributed by atoms with van der Waals surface area (Å²) >= 11 is 0. The fourth-order valence-electron chi connectivity index (χ4n) is 8.87. The fraction of sp³-hybridized carbons (Fsp3) is 0.862. The Morgan fingerprint density at radius 3 is 2.60 bits per heavy atom. The third kappa shape index (κ3) is 3.66. The zero-order valence-electron chi connectivity index (χ0n) is 20.6. The van der Waals surface area contributed by atoms with Gasteiger partial charge in [0.1, 0.15) is 0 Å². The van der Waals surface area contributed by atoms with E-state index in [1.165, 1.54) is 57.8 Å². The zero-order chi connectivity index (χ0) is 21.7. The maximum absolute atomic E-state index is 10.2. The summed E-state index contributed by atoms with van der Waals surface area (Å²) in [7, 11) is 0. The molecule has 0 aromatic carbocycles. The van der Waals surface area contributed by atoms with Crippen LogP contribution in [0, 0.1) is 46.3 Å². The summed E-state index contributed by atoms with van der Waals surface area (Å²) < 4.78 is 0. The Balaban J connectivity index is 1.48. The predicted octanol–water partition coefficient (Wildman–Crippen LogP) is 7.94. The molecule has 0 amide bonds. The molecule has 0 aromatic heterocycles. The van der Waals surface area contributed by atoms with Gasteiger partial charge in [0.2, 0.25) is 0 Å². The van der Waals surface area contributed by atoms with Crippen LogP contribution in [0.5, 0.6) is 0 Å². The van der Waals surface area contributed by atoms with Crippen LogP contribution in [0.2, 0.25) is 0 Å². The van der Waals surface area contributed by atoms with E-state index in [4.69, 9.17) is 6.58 Å². The van der Waals surface area contributed by atoms with Gasteiger partial charge in [-0.2, -0.15) is 0 Å². The second-order valence-corrected chi connectivity index (χ2v) is 12.4. The second-order valence-electron chi connectivity index (χ2n) is 12.4. The van der Waals surface area contributed by atoms with Crippen LogP contribution in [0.1, 0.15) is 105 Å². The summed E-state index contributed by atoms with van der Waals surface area (Å²) in [6, 6.07) is 0. The Kier molecular flexibility index (Phi) is 6.35. The number of hydrogen-bond acceptors (Lipinski definition) is 1. The molecule has 30 heavy (non-hydrogen) atoms. The van der Waals surface area contributed by atoms with E-state index in [0.717, 1.165) is 48.3 Å². The summed E-state index contributed by atoms with van der Waals surface area (Å²) in [6.45, 7) is 17.0. The molecular weight excluding hydrogens is 364 g/mol. The van der Waals surface area contributed by atoms with Crippen molar-refractivity contribution in [3.05, 3.63) is 23.8 Å². The number of fused-ring (bicyclic) bond motifs is 5. The first-order valence-electron chi connectivity index (χ1n) is 13.3. The van der Waals surface area contributed by atoms with Gasteiger partial charge in [-0.15, -0.1) is 0 Å². The van der Waals surface area contributed by atoms with Crippen molar-refractivity contribution in [1.82, 2.24) is 0 Å². The Morgan fingerprint density at radius 2 is 1.90 bits per heavy atom. The SMILES string of the molecule is C=C(CC[C@@H](CC)C(C)C)[C@H]1CC[C@@H]2[C@H]3CC=C4C[C@@H](O)CC[C@]4(C)[C@@H]3CC[C@]12C. The molecule has 8 atom stereocenters. The highest BCUT2D eigenvalue weighted by Crippen LogP contribution is 2.67. The van der Waals surface area contributed by atoms with Gasteiger partial charge >= 0.3 is 0 Å². The third-order valence-corrected chi connectivity index (χ3v) is 10.9. The lowest BCUT2D eigenvalue weighted by Gasteiger charge is -2.58. The molecule has 170 valence electrons. The monoisotopic (exact) mass is 412 g/mol.